The number of aliphatic hydroxyl groups is 2. The summed E-state index contributed by atoms with van der Waals surface area (Å²) in [6.07, 6.45) is 0. The van der Waals surface area contributed by atoms with Gasteiger partial charge < -0.3 is 29.5 Å². The summed E-state index contributed by atoms with van der Waals surface area (Å²) in [6, 6.07) is 2.98. The molecule has 0 aromatic heterocycles. The Balaban J connectivity index is 1.93. The molecule has 1 aromatic carbocycles. The van der Waals surface area contributed by atoms with Crippen LogP contribution in [0.3, 0.4) is 0 Å². The van der Waals surface area contributed by atoms with E-state index in [1.165, 1.54) is 21.9 Å². The number of benzene rings is 1. The molecule has 2 aliphatic rings. The topological polar surface area (TPSA) is 99.5 Å². The van der Waals surface area contributed by atoms with Crippen LogP contribution in [0.4, 0.5) is 0 Å². The van der Waals surface area contributed by atoms with Crippen molar-refractivity contribution >= 4 is 11.8 Å². The van der Waals surface area contributed by atoms with Crippen LogP contribution >= 0.6 is 0 Å². The summed E-state index contributed by atoms with van der Waals surface area (Å²) in [5, 5.41) is 17.9. The van der Waals surface area contributed by atoms with Crippen LogP contribution < -0.4 is 9.47 Å². The Morgan fingerprint density at radius 3 is 1.64 bits per heavy atom. The standard InChI is InChI=1S/C14H16N2O6/c17-3-1-15-7-21-11-6-10-12(5-9(11)13(15)19)22-8-16(2-4-18)14(10)20/h5-6,17-18H,1-4,7-8H2. The van der Waals surface area contributed by atoms with E-state index in [4.69, 9.17) is 19.7 Å². The van der Waals surface area contributed by atoms with E-state index in [0.29, 0.717) is 22.6 Å². The molecule has 0 aliphatic carbocycles. The maximum absolute atomic E-state index is 12.3. The molecule has 2 N–H and O–H groups in total. The van der Waals surface area contributed by atoms with Gasteiger partial charge in [-0.05, 0) is 12.1 Å². The molecule has 0 fully saturated rings. The lowest BCUT2D eigenvalue weighted by molar-refractivity contribution is 0.0429. The molecule has 3 rings (SSSR count). The molecule has 118 valence electrons. The van der Waals surface area contributed by atoms with E-state index in [9.17, 15) is 9.59 Å². The average molecular weight is 308 g/mol. The number of hydrogen-bond donors (Lipinski definition) is 2. The minimum atomic E-state index is -0.271. The molecule has 2 aliphatic heterocycles. The molecule has 2 heterocycles. The fourth-order valence-electron chi connectivity index (χ4n) is 2.46. The molecule has 0 bridgehead atoms. The summed E-state index contributed by atoms with van der Waals surface area (Å²) in [6.45, 7) is 0.112. The van der Waals surface area contributed by atoms with Crippen LogP contribution in [0, 0.1) is 0 Å². The second-order valence-corrected chi connectivity index (χ2v) is 4.98. The van der Waals surface area contributed by atoms with Crippen LogP contribution in [0.2, 0.25) is 0 Å². The summed E-state index contributed by atoms with van der Waals surface area (Å²) in [4.78, 5) is 27.3. The van der Waals surface area contributed by atoms with Gasteiger partial charge in [-0.2, -0.15) is 0 Å². The van der Waals surface area contributed by atoms with Crippen molar-refractivity contribution in [3.63, 3.8) is 0 Å². The fraction of sp³-hybridized carbons (Fsp3) is 0.429. The van der Waals surface area contributed by atoms with Gasteiger partial charge in [0.2, 0.25) is 0 Å². The first-order chi connectivity index (χ1) is 10.7. The van der Waals surface area contributed by atoms with Gasteiger partial charge in [0.15, 0.2) is 13.5 Å². The van der Waals surface area contributed by atoms with Crippen molar-refractivity contribution in [3.8, 4) is 11.5 Å². The highest BCUT2D eigenvalue weighted by molar-refractivity contribution is 6.03. The number of nitrogens with zero attached hydrogens (tertiary/aromatic N) is 2. The monoisotopic (exact) mass is 308 g/mol. The van der Waals surface area contributed by atoms with E-state index in [1.807, 2.05) is 0 Å². The Kier molecular flexibility index (Phi) is 3.86. The maximum Gasteiger partial charge on any atom is 0.260 e. The number of fused-ring (bicyclic) bond motifs is 2. The van der Waals surface area contributed by atoms with Gasteiger partial charge in [-0.3, -0.25) is 9.59 Å². The Morgan fingerprint density at radius 2 is 1.27 bits per heavy atom. The van der Waals surface area contributed by atoms with E-state index in [-0.39, 0.29) is 51.6 Å². The first-order valence-corrected chi connectivity index (χ1v) is 6.89. The highest BCUT2D eigenvalue weighted by atomic mass is 16.5. The quantitative estimate of drug-likeness (QED) is 0.760. The molecule has 22 heavy (non-hydrogen) atoms. The molecule has 1 aromatic rings. The van der Waals surface area contributed by atoms with Crippen LogP contribution in [-0.4, -0.2) is 71.6 Å². The van der Waals surface area contributed by atoms with Crippen LogP contribution in [-0.2, 0) is 0 Å². The van der Waals surface area contributed by atoms with Crippen molar-refractivity contribution in [1.82, 2.24) is 9.80 Å². The Morgan fingerprint density at radius 1 is 0.864 bits per heavy atom. The number of ether oxygens (including phenoxy) is 2. The van der Waals surface area contributed by atoms with Gasteiger partial charge in [0, 0.05) is 13.1 Å². The molecule has 8 nitrogen and oxygen atoms in total. The molecule has 0 radical (unpaired) electrons. The lowest BCUT2D eigenvalue weighted by atomic mass is 10.0. The normalized spacial score (nSPS) is 16.8. The summed E-state index contributed by atoms with van der Waals surface area (Å²) < 4.78 is 11.0. The summed E-state index contributed by atoms with van der Waals surface area (Å²) in [5.74, 6) is 0.0975. The van der Waals surface area contributed by atoms with E-state index >= 15 is 0 Å². The van der Waals surface area contributed by atoms with Gasteiger partial charge in [0.25, 0.3) is 11.8 Å². The lowest BCUT2D eigenvalue weighted by Gasteiger charge is -2.32. The molecule has 0 saturated heterocycles. The number of aliphatic hydroxyl groups excluding tert-OH is 2. The Labute approximate surface area is 126 Å². The average Bonchev–Trinajstić information content (AvgIpc) is 2.52. The molecule has 0 spiro atoms. The number of rotatable bonds is 4. The summed E-state index contributed by atoms with van der Waals surface area (Å²) >= 11 is 0. The molecular formula is C14H16N2O6. The largest absolute Gasteiger partial charge is 0.472 e. The van der Waals surface area contributed by atoms with E-state index in [0.717, 1.165) is 0 Å². The minimum absolute atomic E-state index is 0.0284. The van der Waals surface area contributed by atoms with Crippen molar-refractivity contribution in [1.29, 1.82) is 0 Å². The van der Waals surface area contributed by atoms with Crippen molar-refractivity contribution in [3.05, 3.63) is 23.3 Å². The van der Waals surface area contributed by atoms with Crippen molar-refractivity contribution < 1.29 is 29.3 Å². The number of hydrogen-bond acceptors (Lipinski definition) is 6. The zero-order valence-corrected chi connectivity index (χ0v) is 11.8. The molecule has 8 heteroatoms. The third-order valence-corrected chi connectivity index (χ3v) is 3.61. The van der Waals surface area contributed by atoms with Crippen molar-refractivity contribution in [2.24, 2.45) is 0 Å². The van der Waals surface area contributed by atoms with E-state index in [1.54, 1.807) is 0 Å². The van der Waals surface area contributed by atoms with Gasteiger partial charge >= 0.3 is 0 Å². The zero-order valence-electron chi connectivity index (χ0n) is 11.8. The van der Waals surface area contributed by atoms with Crippen LogP contribution in [0.15, 0.2) is 12.1 Å². The smallest absolute Gasteiger partial charge is 0.260 e. The highest BCUT2D eigenvalue weighted by Crippen LogP contribution is 2.35. The van der Waals surface area contributed by atoms with Gasteiger partial charge in [-0.1, -0.05) is 0 Å². The number of carbonyl (C=O) groups excluding carboxylic acids is 2. The predicted molar refractivity (Wildman–Crippen MR) is 73.7 cm³/mol. The van der Waals surface area contributed by atoms with Gasteiger partial charge in [0.1, 0.15) is 11.5 Å². The second-order valence-electron chi connectivity index (χ2n) is 4.98. The molecule has 0 saturated carbocycles. The summed E-state index contributed by atoms with van der Waals surface area (Å²) in [5.41, 5.74) is 0.615. The zero-order chi connectivity index (χ0) is 15.7. The van der Waals surface area contributed by atoms with Gasteiger partial charge in [0.05, 0.1) is 24.3 Å². The lowest BCUT2D eigenvalue weighted by Crippen LogP contribution is -2.42. The molecule has 0 atom stereocenters. The number of β-amino-alcohol motifs (C(OH)–C–C–N with tert-alkyl or cyclic N) is 2. The highest BCUT2D eigenvalue weighted by Gasteiger charge is 2.32. The minimum Gasteiger partial charge on any atom is -0.472 e. The number of carbonyl (C=O) groups is 2. The van der Waals surface area contributed by atoms with E-state index < -0.39 is 0 Å². The first kappa shape index (κ1) is 14.6. The molecular weight excluding hydrogens is 292 g/mol. The third-order valence-electron chi connectivity index (χ3n) is 3.61. The van der Waals surface area contributed by atoms with Crippen molar-refractivity contribution in [2.75, 3.05) is 39.8 Å². The third kappa shape index (κ3) is 2.36. The van der Waals surface area contributed by atoms with Gasteiger partial charge in [-0.25, -0.2) is 0 Å². The summed E-state index contributed by atoms with van der Waals surface area (Å²) in [7, 11) is 0. The Bertz CT molecular complexity index is 564. The fourth-order valence-corrected chi connectivity index (χ4v) is 2.46. The van der Waals surface area contributed by atoms with Crippen molar-refractivity contribution in [2.45, 2.75) is 0 Å². The SMILES string of the molecule is O=C1c2cc3c(cc2OCN1CCO)C(=O)N(CCO)CO3. The predicted octanol–water partition coefficient (Wildman–Crippen LogP) is -0.745. The number of amides is 2. The first-order valence-electron chi connectivity index (χ1n) is 6.89. The molecule has 0 unspecified atom stereocenters. The Hall–Kier alpha value is -2.32. The van der Waals surface area contributed by atoms with E-state index in [2.05, 4.69) is 0 Å². The van der Waals surface area contributed by atoms with Crippen LogP contribution in [0.25, 0.3) is 0 Å². The van der Waals surface area contributed by atoms with Crippen LogP contribution in [0.5, 0.6) is 11.5 Å². The maximum atomic E-state index is 12.3. The second kappa shape index (κ2) is 5.82. The van der Waals surface area contributed by atoms with Gasteiger partial charge in [-0.15, -0.1) is 0 Å². The van der Waals surface area contributed by atoms with Crippen LogP contribution in [0.1, 0.15) is 20.7 Å². The molecule has 2 amide bonds.